The maximum Gasteiger partial charge on any atom is 0.407 e. The van der Waals surface area contributed by atoms with Gasteiger partial charge in [0.05, 0.1) is 0 Å². The lowest BCUT2D eigenvalue weighted by Crippen LogP contribution is -2.42. The molecule has 5 nitrogen and oxygen atoms in total. The number of ether oxygens (including phenoxy) is 1. The Morgan fingerprint density at radius 3 is 2.55 bits per heavy atom. The standard InChI is InChI=1S/C15H31N3O2/c1-14(2,3)20-13(19)17-8-6-12(10-16)18-9-7-15(4,5)11-18/h12H,6-11,16H2,1-5H3,(H,17,19). The summed E-state index contributed by atoms with van der Waals surface area (Å²) in [6, 6.07) is 0.340. The van der Waals surface area contributed by atoms with E-state index in [4.69, 9.17) is 10.5 Å². The fraction of sp³-hybridized carbons (Fsp3) is 0.933. The largest absolute Gasteiger partial charge is 0.444 e. The van der Waals surface area contributed by atoms with E-state index in [1.807, 2.05) is 20.8 Å². The molecule has 0 saturated carbocycles. The van der Waals surface area contributed by atoms with Crippen LogP contribution in [-0.2, 0) is 4.74 Å². The molecule has 0 bridgehead atoms. The third kappa shape index (κ3) is 6.09. The number of carbonyl (C=O) groups excluding carboxylic acids is 1. The Balaban J connectivity index is 2.30. The van der Waals surface area contributed by atoms with E-state index in [0.717, 1.165) is 19.5 Å². The van der Waals surface area contributed by atoms with Crippen LogP contribution in [0.25, 0.3) is 0 Å². The Morgan fingerprint density at radius 1 is 1.45 bits per heavy atom. The summed E-state index contributed by atoms with van der Waals surface area (Å²) in [4.78, 5) is 14.0. The molecule has 1 amide bonds. The molecule has 0 spiro atoms. The lowest BCUT2D eigenvalue weighted by Gasteiger charge is -2.28. The second-order valence-electron chi connectivity index (χ2n) is 7.49. The van der Waals surface area contributed by atoms with Crippen LogP contribution in [0.5, 0.6) is 0 Å². The molecular formula is C15H31N3O2. The van der Waals surface area contributed by atoms with Gasteiger partial charge in [-0.05, 0) is 45.6 Å². The molecule has 3 N–H and O–H groups in total. The van der Waals surface area contributed by atoms with E-state index in [-0.39, 0.29) is 6.09 Å². The zero-order valence-electron chi connectivity index (χ0n) is 13.7. The average Bonchev–Trinajstić information content (AvgIpc) is 2.62. The number of nitrogens with zero attached hydrogens (tertiary/aromatic N) is 1. The Labute approximate surface area is 123 Å². The molecule has 1 atom stereocenters. The minimum Gasteiger partial charge on any atom is -0.444 e. The van der Waals surface area contributed by atoms with Crippen molar-refractivity contribution in [2.45, 2.75) is 59.1 Å². The van der Waals surface area contributed by atoms with Crippen LogP contribution in [0, 0.1) is 5.41 Å². The molecule has 1 unspecified atom stereocenters. The van der Waals surface area contributed by atoms with Gasteiger partial charge in [-0.15, -0.1) is 0 Å². The highest BCUT2D eigenvalue weighted by Crippen LogP contribution is 2.30. The number of rotatable bonds is 5. The minimum atomic E-state index is -0.448. The topological polar surface area (TPSA) is 67.6 Å². The van der Waals surface area contributed by atoms with Crippen molar-refractivity contribution in [3.8, 4) is 0 Å². The van der Waals surface area contributed by atoms with Gasteiger partial charge in [0, 0.05) is 25.7 Å². The molecule has 1 aliphatic rings. The van der Waals surface area contributed by atoms with Crippen LogP contribution in [0.15, 0.2) is 0 Å². The van der Waals surface area contributed by atoms with Gasteiger partial charge in [0.1, 0.15) is 5.60 Å². The summed E-state index contributed by atoms with van der Waals surface area (Å²) in [5, 5.41) is 2.80. The highest BCUT2D eigenvalue weighted by atomic mass is 16.6. The molecule has 1 saturated heterocycles. The Hall–Kier alpha value is -0.810. The predicted molar refractivity (Wildman–Crippen MR) is 81.7 cm³/mol. The summed E-state index contributed by atoms with van der Waals surface area (Å²) >= 11 is 0. The van der Waals surface area contributed by atoms with Crippen molar-refractivity contribution in [1.82, 2.24) is 10.2 Å². The molecule has 0 aliphatic carbocycles. The maximum atomic E-state index is 11.6. The van der Waals surface area contributed by atoms with E-state index in [1.54, 1.807) is 0 Å². The zero-order chi connectivity index (χ0) is 15.4. The third-order valence-electron chi connectivity index (χ3n) is 3.64. The van der Waals surface area contributed by atoms with Crippen molar-refractivity contribution in [2.24, 2.45) is 11.1 Å². The van der Waals surface area contributed by atoms with E-state index < -0.39 is 5.60 Å². The maximum absolute atomic E-state index is 11.6. The second kappa shape index (κ2) is 6.76. The van der Waals surface area contributed by atoms with Crippen molar-refractivity contribution in [3.05, 3.63) is 0 Å². The lowest BCUT2D eigenvalue weighted by atomic mass is 9.93. The van der Waals surface area contributed by atoms with Gasteiger partial charge < -0.3 is 15.8 Å². The highest BCUT2D eigenvalue weighted by molar-refractivity contribution is 5.67. The molecule has 1 fully saturated rings. The van der Waals surface area contributed by atoms with Crippen LogP contribution in [0.3, 0.4) is 0 Å². The molecule has 20 heavy (non-hydrogen) atoms. The fourth-order valence-corrected chi connectivity index (χ4v) is 2.57. The van der Waals surface area contributed by atoms with Gasteiger partial charge in [-0.3, -0.25) is 4.90 Å². The van der Waals surface area contributed by atoms with Crippen molar-refractivity contribution < 1.29 is 9.53 Å². The molecular weight excluding hydrogens is 254 g/mol. The summed E-state index contributed by atoms with van der Waals surface area (Å²) in [6.45, 7) is 13.6. The first-order valence-electron chi connectivity index (χ1n) is 7.54. The van der Waals surface area contributed by atoms with E-state index >= 15 is 0 Å². The highest BCUT2D eigenvalue weighted by Gasteiger charge is 2.32. The van der Waals surface area contributed by atoms with E-state index in [1.165, 1.54) is 6.42 Å². The lowest BCUT2D eigenvalue weighted by molar-refractivity contribution is 0.0522. The van der Waals surface area contributed by atoms with Crippen molar-refractivity contribution in [2.75, 3.05) is 26.2 Å². The average molecular weight is 285 g/mol. The fourth-order valence-electron chi connectivity index (χ4n) is 2.57. The first kappa shape index (κ1) is 17.2. The van der Waals surface area contributed by atoms with Gasteiger partial charge in [0.25, 0.3) is 0 Å². The summed E-state index contributed by atoms with van der Waals surface area (Å²) in [6.07, 6.45) is 1.73. The Bertz CT molecular complexity index is 324. The Morgan fingerprint density at radius 2 is 2.10 bits per heavy atom. The van der Waals surface area contributed by atoms with Gasteiger partial charge in [-0.1, -0.05) is 13.8 Å². The summed E-state index contributed by atoms with van der Waals surface area (Å²) < 4.78 is 5.22. The summed E-state index contributed by atoms with van der Waals surface area (Å²) in [5.74, 6) is 0. The van der Waals surface area contributed by atoms with Gasteiger partial charge in [0.15, 0.2) is 0 Å². The second-order valence-corrected chi connectivity index (χ2v) is 7.49. The quantitative estimate of drug-likeness (QED) is 0.810. The monoisotopic (exact) mass is 285 g/mol. The van der Waals surface area contributed by atoms with Crippen molar-refractivity contribution >= 4 is 6.09 Å². The van der Waals surface area contributed by atoms with Crippen LogP contribution in [0.4, 0.5) is 4.79 Å². The number of alkyl carbamates (subject to hydrolysis) is 1. The SMILES string of the molecule is CC1(C)CCN(C(CN)CCNC(=O)OC(C)(C)C)C1. The van der Waals surface area contributed by atoms with Crippen LogP contribution in [0.2, 0.25) is 0 Å². The van der Waals surface area contributed by atoms with Crippen molar-refractivity contribution in [1.29, 1.82) is 0 Å². The molecule has 0 aromatic rings. The molecule has 0 radical (unpaired) electrons. The molecule has 0 aromatic carbocycles. The van der Waals surface area contributed by atoms with E-state index in [2.05, 4.69) is 24.1 Å². The van der Waals surface area contributed by atoms with Crippen LogP contribution in [-0.4, -0.2) is 48.8 Å². The van der Waals surface area contributed by atoms with Gasteiger partial charge in [-0.2, -0.15) is 0 Å². The smallest absolute Gasteiger partial charge is 0.407 e. The van der Waals surface area contributed by atoms with Gasteiger partial charge in [0.2, 0.25) is 0 Å². The van der Waals surface area contributed by atoms with E-state index in [0.29, 0.717) is 24.5 Å². The molecule has 1 heterocycles. The first-order valence-corrected chi connectivity index (χ1v) is 7.54. The predicted octanol–water partition coefficient (Wildman–Crippen LogP) is 1.96. The number of amides is 1. The summed E-state index contributed by atoms with van der Waals surface area (Å²) in [7, 11) is 0. The molecule has 118 valence electrons. The number of likely N-dealkylation sites (tertiary alicyclic amines) is 1. The third-order valence-corrected chi connectivity index (χ3v) is 3.64. The number of nitrogens with two attached hydrogens (primary N) is 1. The van der Waals surface area contributed by atoms with Crippen LogP contribution in [0.1, 0.15) is 47.5 Å². The van der Waals surface area contributed by atoms with Crippen LogP contribution >= 0.6 is 0 Å². The molecule has 5 heteroatoms. The first-order chi connectivity index (χ1) is 9.13. The Kier molecular flexibility index (Phi) is 5.83. The summed E-state index contributed by atoms with van der Waals surface area (Å²) in [5.41, 5.74) is 5.81. The molecule has 1 rings (SSSR count). The van der Waals surface area contributed by atoms with Gasteiger partial charge in [-0.25, -0.2) is 4.79 Å². The van der Waals surface area contributed by atoms with Crippen molar-refractivity contribution in [3.63, 3.8) is 0 Å². The minimum absolute atomic E-state index is 0.340. The molecule has 0 aromatic heterocycles. The van der Waals surface area contributed by atoms with E-state index in [9.17, 15) is 4.79 Å². The molecule has 1 aliphatic heterocycles. The number of hydrogen-bond donors (Lipinski definition) is 2. The van der Waals surface area contributed by atoms with Gasteiger partial charge >= 0.3 is 6.09 Å². The zero-order valence-corrected chi connectivity index (χ0v) is 13.7. The van der Waals surface area contributed by atoms with Crippen LogP contribution < -0.4 is 11.1 Å². The number of hydrogen-bond acceptors (Lipinski definition) is 4. The number of carbonyl (C=O) groups is 1. The number of nitrogens with one attached hydrogen (secondary N) is 1. The normalized spacial score (nSPS) is 20.7.